The third-order valence-electron chi connectivity index (χ3n) is 1.20. The van der Waals surface area contributed by atoms with Crippen molar-refractivity contribution in [2.24, 2.45) is 0 Å². The molecule has 0 N–H and O–H groups in total. The van der Waals surface area contributed by atoms with Gasteiger partial charge < -0.3 is 0 Å². The number of aryl methyl sites for hydroxylation is 1. The molecular formula is C9H14. The molecule has 0 nitrogen and oxygen atoms in total. The van der Waals surface area contributed by atoms with Gasteiger partial charge in [-0.15, -0.1) is 0 Å². The van der Waals surface area contributed by atoms with Crippen LogP contribution in [0, 0.1) is 0 Å². The Bertz CT molecular complexity index is 176. The van der Waals surface area contributed by atoms with E-state index in [1.54, 1.807) is 0 Å². The number of benzene rings is 1. The largest absolute Gasteiger partial charge is 0.0776 e. The number of hydrogen-bond donors (Lipinski definition) is 0. The zero-order valence-electron chi connectivity index (χ0n) is 6.02. The molecule has 0 heterocycles. The summed E-state index contributed by atoms with van der Waals surface area (Å²) in [5.74, 6) is 0. The second kappa shape index (κ2) is 4.13. The Hall–Kier alpha value is -0.780. The lowest BCUT2D eigenvalue weighted by Gasteiger charge is -1.89. The normalized spacial score (nSPS) is 9.67. The molecule has 0 unspecified atom stereocenters. The van der Waals surface area contributed by atoms with Crippen LogP contribution in [0.25, 0.3) is 0 Å². The summed E-state index contributed by atoms with van der Waals surface area (Å²) in [5.41, 5.74) is 1.30. The highest BCUT2D eigenvalue weighted by atomic mass is 13.9. The lowest BCUT2D eigenvalue weighted by molar-refractivity contribution is 1.14. The lowest BCUT2D eigenvalue weighted by Crippen LogP contribution is -1.73. The number of rotatable bonds is 1. The molecule has 0 atom stereocenters. The zero-order chi connectivity index (χ0) is 6.69. The predicted molar refractivity (Wildman–Crippen MR) is 42.6 cm³/mol. The van der Waals surface area contributed by atoms with E-state index in [9.17, 15) is 0 Å². The van der Waals surface area contributed by atoms with Gasteiger partial charge in [-0.25, -0.2) is 0 Å². The Balaban J connectivity index is 0.000000810. The van der Waals surface area contributed by atoms with Gasteiger partial charge >= 0.3 is 0 Å². The Labute approximate surface area is 58.9 Å². The molecular weight excluding hydrogens is 108 g/mol. The maximum atomic E-state index is 7.17. The van der Waals surface area contributed by atoms with Gasteiger partial charge in [0, 0.05) is 0 Å². The van der Waals surface area contributed by atoms with Crippen molar-refractivity contribution in [3.63, 3.8) is 0 Å². The van der Waals surface area contributed by atoms with E-state index < -0.39 is 0 Å². The summed E-state index contributed by atoms with van der Waals surface area (Å²) in [6.45, 7) is 2.11. The molecule has 50 valence electrons. The molecule has 0 aliphatic heterocycles. The van der Waals surface area contributed by atoms with E-state index >= 15 is 0 Å². The van der Waals surface area contributed by atoms with E-state index in [2.05, 4.69) is 6.92 Å². The Morgan fingerprint density at radius 3 is 2.44 bits per heavy atom. The minimum atomic E-state index is 0. The minimum Gasteiger partial charge on any atom is -0.0776 e. The van der Waals surface area contributed by atoms with Crippen molar-refractivity contribution in [2.75, 3.05) is 0 Å². The minimum absolute atomic E-state index is 0. The monoisotopic (exact) mass is 123 g/mol. The maximum Gasteiger partial charge on any atom is 0.0623 e. The molecule has 9 heavy (non-hydrogen) atoms. The van der Waals surface area contributed by atoms with E-state index in [-0.39, 0.29) is 7.43 Å². The molecule has 0 saturated carbocycles. The first-order valence-electron chi connectivity index (χ1n) is 3.38. The van der Waals surface area contributed by atoms with Crippen LogP contribution in [0.3, 0.4) is 0 Å². The first kappa shape index (κ1) is 6.34. The van der Waals surface area contributed by atoms with Gasteiger partial charge in [0.2, 0.25) is 0 Å². The topological polar surface area (TPSA) is 0 Å². The summed E-state index contributed by atoms with van der Waals surface area (Å²) in [6, 6.07) is 8.20. The SMILES string of the molecule is C.[2H]c1ccc(CC)cc1. The summed E-state index contributed by atoms with van der Waals surface area (Å²) in [7, 11) is 0. The maximum absolute atomic E-state index is 7.17. The fourth-order valence-corrected chi connectivity index (χ4v) is 0.657. The van der Waals surface area contributed by atoms with Crippen molar-refractivity contribution in [3.05, 3.63) is 35.9 Å². The molecule has 0 heteroatoms. The summed E-state index contributed by atoms with van der Waals surface area (Å²) in [4.78, 5) is 0. The summed E-state index contributed by atoms with van der Waals surface area (Å²) in [5, 5.41) is 0. The highest BCUT2D eigenvalue weighted by Gasteiger charge is 1.79. The second-order valence-electron chi connectivity index (χ2n) is 1.76. The zero-order valence-corrected chi connectivity index (χ0v) is 5.02. The van der Waals surface area contributed by atoms with Gasteiger partial charge in [0.25, 0.3) is 0 Å². The summed E-state index contributed by atoms with van der Waals surface area (Å²) >= 11 is 0. The standard InChI is InChI=1S/C8H10.CH4/c1-2-8-6-4-3-5-7-8;/h3-7H,2H2,1H3;1H4/i3D;. The van der Waals surface area contributed by atoms with Crippen LogP contribution in [0.2, 0.25) is 0 Å². The molecule has 1 aromatic carbocycles. The first-order chi connectivity index (χ1) is 4.33. The van der Waals surface area contributed by atoms with E-state index in [0.29, 0.717) is 6.04 Å². The van der Waals surface area contributed by atoms with Crippen LogP contribution in [0.15, 0.2) is 30.3 Å². The quantitative estimate of drug-likeness (QED) is 0.538. The lowest BCUT2D eigenvalue weighted by atomic mass is 10.2. The third kappa shape index (κ3) is 2.31. The van der Waals surface area contributed by atoms with Crippen LogP contribution >= 0.6 is 0 Å². The first-order valence-corrected chi connectivity index (χ1v) is 2.88. The second-order valence-corrected chi connectivity index (χ2v) is 1.76. The van der Waals surface area contributed by atoms with Gasteiger partial charge in [0.1, 0.15) is 0 Å². The van der Waals surface area contributed by atoms with Crippen LogP contribution < -0.4 is 0 Å². The molecule has 0 saturated heterocycles. The van der Waals surface area contributed by atoms with Gasteiger partial charge in [-0.2, -0.15) is 0 Å². The molecule has 0 aliphatic carbocycles. The average Bonchev–Trinajstić information content (AvgIpc) is 1.90. The van der Waals surface area contributed by atoms with Gasteiger partial charge in [-0.3, -0.25) is 0 Å². The number of hydrogen-bond acceptors (Lipinski definition) is 0. The van der Waals surface area contributed by atoms with Crippen molar-refractivity contribution in [1.29, 1.82) is 0 Å². The van der Waals surface area contributed by atoms with Crippen molar-refractivity contribution < 1.29 is 1.37 Å². The smallest absolute Gasteiger partial charge is 0.0623 e. The Morgan fingerprint density at radius 1 is 1.44 bits per heavy atom. The summed E-state index contributed by atoms with van der Waals surface area (Å²) in [6.07, 6.45) is 1.06. The van der Waals surface area contributed by atoms with Gasteiger partial charge in [0.15, 0.2) is 0 Å². The van der Waals surface area contributed by atoms with Gasteiger partial charge in [-0.1, -0.05) is 44.7 Å². The van der Waals surface area contributed by atoms with E-state index in [1.807, 2.05) is 24.3 Å². The van der Waals surface area contributed by atoms with Crippen molar-refractivity contribution >= 4 is 0 Å². The Kier molecular flexibility index (Phi) is 2.91. The molecule has 0 spiro atoms. The average molecular weight is 123 g/mol. The third-order valence-corrected chi connectivity index (χ3v) is 1.20. The fraction of sp³-hybridized carbons (Fsp3) is 0.333. The van der Waals surface area contributed by atoms with Crippen LogP contribution in [0.5, 0.6) is 0 Å². The molecule has 1 rings (SSSR count). The fourth-order valence-electron chi connectivity index (χ4n) is 0.657. The molecule has 0 radical (unpaired) electrons. The molecule has 0 bridgehead atoms. The molecule has 0 amide bonds. The van der Waals surface area contributed by atoms with E-state index in [0.717, 1.165) is 6.42 Å². The molecule has 1 aromatic rings. The van der Waals surface area contributed by atoms with Crippen LogP contribution in [0.4, 0.5) is 0 Å². The molecule has 0 aromatic heterocycles. The molecule has 0 fully saturated rings. The highest BCUT2D eigenvalue weighted by molar-refractivity contribution is 5.13. The van der Waals surface area contributed by atoms with Crippen LogP contribution in [-0.2, 0) is 6.42 Å². The van der Waals surface area contributed by atoms with Crippen molar-refractivity contribution in [2.45, 2.75) is 20.8 Å². The predicted octanol–water partition coefficient (Wildman–Crippen LogP) is 2.89. The molecule has 0 aliphatic rings. The Morgan fingerprint density at radius 2 is 2.00 bits per heavy atom. The summed E-state index contributed by atoms with van der Waals surface area (Å²) < 4.78 is 7.17. The van der Waals surface area contributed by atoms with Gasteiger partial charge in [-0.05, 0) is 12.0 Å². The van der Waals surface area contributed by atoms with E-state index in [4.69, 9.17) is 1.37 Å². The van der Waals surface area contributed by atoms with Crippen molar-refractivity contribution in [3.8, 4) is 0 Å². The van der Waals surface area contributed by atoms with Crippen molar-refractivity contribution in [1.82, 2.24) is 0 Å². The van der Waals surface area contributed by atoms with Crippen LogP contribution in [0.1, 0.15) is 21.3 Å². The van der Waals surface area contributed by atoms with Gasteiger partial charge in [0.05, 0.1) is 1.37 Å². The van der Waals surface area contributed by atoms with Crippen LogP contribution in [-0.4, -0.2) is 0 Å². The van der Waals surface area contributed by atoms with E-state index in [1.165, 1.54) is 5.56 Å². The highest BCUT2D eigenvalue weighted by Crippen LogP contribution is 1.96.